The monoisotopic (exact) mass is 408 g/mol. The zero-order valence-electron chi connectivity index (χ0n) is 13.1. The molecule has 0 fully saturated rings. The van der Waals surface area contributed by atoms with Gasteiger partial charge in [0.05, 0.1) is 12.7 Å². The highest BCUT2D eigenvalue weighted by Gasteiger charge is 2.22. The Kier molecular flexibility index (Phi) is 5.59. The van der Waals surface area contributed by atoms with E-state index >= 15 is 0 Å². The molecule has 0 bridgehead atoms. The fraction of sp³-hybridized carbons (Fsp3) is 0.188. The number of halogens is 1. The molecule has 1 amide bonds. The molecule has 24 heavy (non-hydrogen) atoms. The van der Waals surface area contributed by atoms with E-state index in [9.17, 15) is 14.9 Å². The number of furan rings is 1. The second-order valence-corrected chi connectivity index (χ2v) is 6.75. The molecule has 8 heteroatoms. The second kappa shape index (κ2) is 7.47. The molecule has 0 unspecified atom stereocenters. The molecule has 0 aliphatic heterocycles. The van der Waals surface area contributed by atoms with Gasteiger partial charge in [-0.3, -0.25) is 4.79 Å². The number of hydrogen-bond donors (Lipinski definition) is 1. The molecule has 124 valence electrons. The number of esters is 1. The van der Waals surface area contributed by atoms with Gasteiger partial charge in [-0.1, -0.05) is 0 Å². The summed E-state index contributed by atoms with van der Waals surface area (Å²) in [5, 5.41) is 12.2. The van der Waals surface area contributed by atoms with Crippen LogP contribution in [0.25, 0.3) is 6.08 Å². The van der Waals surface area contributed by atoms with Gasteiger partial charge >= 0.3 is 5.97 Å². The molecule has 0 aromatic carbocycles. The van der Waals surface area contributed by atoms with E-state index in [1.807, 2.05) is 13.0 Å². The van der Waals surface area contributed by atoms with Crippen molar-refractivity contribution in [3.63, 3.8) is 0 Å². The highest BCUT2D eigenvalue weighted by Crippen LogP contribution is 2.33. The van der Waals surface area contributed by atoms with Gasteiger partial charge in [0.25, 0.3) is 5.91 Å². The predicted octanol–water partition coefficient (Wildman–Crippen LogP) is 4.05. The Bertz CT molecular complexity index is 873. The number of aryl methyl sites for hydroxylation is 1. The van der Waals surface area contributed by atoms with Crippen molar-refractivity contribution in [2.75, 3.05) is 12.4 Å². The Balaban J connectivity index is 2.32. The number of amides is 1. The summed E-state index contributed by atoms with van der Waals surface area (Å²) in [7, 11) is 1.27. The van der Waals surface area contributed by atoms with Crippen LogP contribution in [-0.4, -0.2) is 19.0 Å². The van der Waals surface area contributed by atoms with Gasteiger partial charge in [0.2, 0.25) is 0 Å². The molecule has 0 aliphatic carbocycles. The van der Waals surface area contributed by atoms with E-state index in [0.717, 1.165) is 10.4 Å². The maximum atomic E-state index is 12.3. The summed E-state index contributed by atoms with van der Waals surface area (Å²) < 4.78 is 10.5. The van der Waals surface area contributed by atoms with Crippen molar-refractivity contribution in [3.05, 3.63) is 44.1 Å². The van der Waals surface area contributed by atoms with Crippen LogP contribution in [0, 0.1) is 25.2 Å². The number of rotatable bonds is 4. The summed E-state index contributed by atoms with van der Waals surface area (Å²) >= 11 is 4.40. The summed E-state index contributed by atoms with van der Waals surface area (Å²) in [6.07, 6.45) is 1.32. The van der Waals surface area contributed by atoms with Crippen LogP contribution in [0.1, 0.15) is 26.6 Å². The van der Waals surface area contributed by atoms with Crippen LogP contribution in [0.5, 0.6) is 0 Å². The SMILES string of the molecule is COC(=O)c1c(NC(=O)/C(C#N)=C/c2ccc(Br)o2)sc(C)c1C. The molecule has 2 rings (SSSR count). The third kappa shape index (κ3) is 3.75. The average Bonchev–Trinajstić information content (AvgIpc) is 3.08. The first-order valence-electron chi connectivity index (χ1n) is 6.74. The van der Waals surface area contributed by atoms with Gasteiger partial charge in [-0.2, -0.15) is 5.26 Å². The van der Waals surface area contributed by atoms with Crippen molar-refractivity contribution >= 4 is 50.2 Å². The molecule has 6 nitrogen and oxygen atoms in total. The number of nitriles is 1. The van der Waals surface area contributed by atoms with Gasteiger partial charge < -0.3 is 14.5 Å². The number of carbonyl (C=O) groups is 2. The first-order valence-corrected chi connectivity index (χ1v) is 8.35. The maximum Gasteiger partial charge on any atom is 0.341 e. The van der Waals surface area contributed by atoms with Crippen molar-refractivity contribution in [1.82, 2.24) is 0 Å². The van der Waals surface area contributed by atoms with Crippen LogP contribution in [0.3, 0.4) is 0 Å². The van der Waals surface area contributed by atoms with Crippen molar-refractivity contribution in [2.45, 2.75) is 13.8 Å². The van der Waals surface area contributed by atoms with Gasteiger partial charge in [0, 0.05) is 11.0 Å². The second-order valence-electron chi connectivity index (χ2n) is 4.74. The van der Waals surface area contributed by atoms with Gasteiger partial charge in [0.15, 0.2) is 4.67 Å². The lowest BCUT2D eigenvalue weighted by molar-refractivity contribution is -0.112. The minimum absolute atomic E-state index is 0.142. The standard InChI is InChI=1S/C16H13BrN2O4S/c1-8-9(2)24-15(13(8)16(21)22-3)19-14(20)10(7-18)6-11-4-5-12(17)23-11/h4-6H,1-3H3,(H,19,20)/b10-6+. The third-order valence-corrected chi connectivity index (χ3v) is 4.80. The first-order chi connectivity index (χ1) is 11.4. The number of ether oxygens (including phenoxy) is 1. The molecule has 0 aliphatic rings. The van der Waals surface area contributed by atoms with Gasteiger partial charge in [-0.05, 0) is 47.5 Å². The van der Waals surface area contributed by atoms with Crippen LogP contribution < -0.4 is 5.32 Å². The molecular weight excluding hydrogens is 396 g/mol. The normalized spacial score (nSPS) is 11.0. The topological polar surface area (TPSA) is 92.3 Å². The Labute approximate surface area is 150 Å². The van der Waals surface area contributed by atoms with E-state index in [2.05, 4.69) is 21.2 Å². The number of thiophene rings is 1. The van der Waals surface area contributed by atoms with Crippen LogP contribution in [0.4, 0.5) is 5.00 Å². The Hall–Kier alpha value is -2.37. The fourth-order valence-corrected chi connectivity index (χ4v) is 3.29. The molecule has 2 heterocycles. The lowest BCUT2D eigenvalue weighted by atomic mass is 10.1. The number of methoxy groups -OCH3 is 1. The molecule has 0 spiro atoms. The average molecular weight is 409 g/mol. The molecule has 2 aromatic heterocycles. The number of nitrogens with zero attached hydrogens (tertiary/aromatic N) is 1. The molecule has 0 atom stereocenters. The van der Waals surface area contributed by atoms with Crippen molar-refractivity contribution in [1.29, 1.82) is 5.26 Å². The van der Waals surface area contributed by atoms with E-state index in [1.54, 1.807) is 19.1 Å². The summed E-state index contributed by atoms with van der Waals surface area (Å²) in [5.74, 6) is -0.804. The summed E-state index contributed by atoms with van der Waals surface area (Å²) in [5.41, 5.74) is 0.891. The minimum Gasteiger partial charge on any atom is -0.465 e. The Morgan fingerprint density at radius 1 is 1.42 bits per heavy atom. The molecule has 0 radical (unpaired) electrons. The summed E-state index contributed by atoms with van der Waals surface area (Å²) in [6, 6.07) is 5.10. The summed E-state index contributed by atoms with van der Waals surface area (Å²) in [6.45, 7) is 3.61. The Morgan fingerprint density at radius 2 is 2.12 bits per heavy atom. The van der Waals surface area contributed by atoms with Gasteiger partial charge in [0.1, 0.15) is 22.4 Å². The highest BCUT2D eigenvalue weighted by molar-refractivity contribution is 9.10. The molecular formula is C16H13BrN2O4S. The zero-order chi connectivity index (χ0) is 17.9. The van der Waals surface area contributed by atoms with E-state index < -0.39 is 11.9 Å². The largest absolute Gasteiger partial charge is 0.465 e. The van der Waals surface area contributed by atoms with Crippen LogP contribution in [0.15, 0.2) is 26.8 Å². The molecule has 0 saturated heterocycles. The molecule has 2 aromatic rings. The van der Waals surface area contributed by atoms with Crippen LogP contribution in [0.2, 0.25) is 0 Å². The quantitative estimate of drug-likeness (QED) is 0.467. The zero-order valence-corrected chi connectivity index (χ0v) is 15.5. The highest BCUT2D eigenvalue weighted by atomic mass is 79.9. The van der Waals surface area contributed by atoms with Crippen molar-refractivity contribution < 1.29 is 18.7 Å². The number of anilines is 1. The van der Waals surface area contributed by atoms with E-state index in [-0.39, 0.29) is 5.57 Å². The van der Waals surface area contributed by atoms with E-state index in [4.69, 9.17) is 9.15 Å². The smallest absolute Gasteiger partial charge is 0.341 e. The van der Waals surface area contributed by atoms with Crippen molar-refractivity contribution in [3.8, 4) is 6.07 Å². The number of hydrogen-bond acceptors (Lipinski definition) is 6. The first kappa shape index (κ1) is 18.0. The third-order valence-electron chi connectivity index (χ3n) is 3.25. The molecule has 0 saturated carbocycles. The van der Waals surface area contributed by atoms with E-state index in [0.29, 0.717) is 21.0 Å². The van der Waals surface area contributed by atoms with Crippen LogP contribution in [-0.2, 0) is 9.53 Å². The Morgan fingerprint density at radius 3 is 2.67 bits per heavy atom. The van der Waals surface area contributed by atoms with Crippen LogP contribution >= 0.6 is 27.3 Å². The molecule has 1 N–H and O–H groups in total. The van der Waals surface area contributed by atoms with Gasteiger partial charge in [-0.15, -0.1) is 11.3 Å². The summed E-state index contributed by atoms with van der Waals surface area (Å²) in [4.78, 5) is 25.1. The van der Waals surface area contributed by atoms with Crippen molar-refractivity contribution in [2.24, 2.45) is 0 Å². The fourth-order valence-electron chi connectivity index (χ4n) is 1.93. The predicted molar refractivity (Wildman–Crippen MR) is 93.8 cm³/mol. The number of carbonyl (C=O) groups excluding carboxylic acids is 2. The maximum absolute atomic E-state index is 12.3. The van der Waals surface area contributed by atoms with E-state index in [1.165, 1.54) is 24.5 Å². The minimum atomic E-state index is -0.628. The van der Waals surface area contributed by atoms with Gasteiger partial charge in [-0.25, -0.2) is 4.79 Å². The lowest BCUT2D eigenvalue weighted by Crippen LogP contribution is -2.15. The number of nitrogens with one attached hydrogen (secondary N) is 1. The lowest BCUT2D eigenvalue weighted by Gasteiger charge is -2.05.